The molecule has 0 saturated carbocycles. The number of aromatic nitrogens is 2. The van der Waals surface area contributed by atoms with Gasteiger partial charge in [-0.05, 0) is 0 Å². The Kier molecular flexibility index (Phi) is 3.34. The number of carbonyl (C=O) groups is 2. The highest BCUT2D eigenvalue weighted by Crippen LogP contribution is 2.21. The van der Waals surface area contributed by atoms with E-state index in [-0.39, 0.29) is 18.5 Å². The van der Waals surface area contributed by atoms with Crippen LogP contribution in [0.5, 0.6) is 0 Å². The molecule has 1 aromatic heterocycles. The van der Waals surface area contributed by atoms with Crippen molar-refractivity contribution in [2.45, 2.75) is 18.4 Å². The van der Waals surface area contributed by atoms with Crippen LogP contribution in [0.15, 0.2) is 6.20 Å². The topological polar surface area (TPSA) is 101 Å². The lowest BCUT2D eigenvalue weighted by Crippen LogP contribution is -2.57. The van der Waals surface area contributed by atoms with Crippen molar-refractivity contribution in [3.63, 3.8) is 0 Å². The molecule has 0 unspecified atom stereocenters. The second-order valence-corrected chi connectivity index (χ2v) is 4.30. The summed E-state index contributed by atoms with van der Waals surface area (Å²) in [5.41, 5.74) is -1.11. The van der Waals surface area contributed by atoms with Crippen LogP contribution in [-0.4, -0.2) is 44.5 Å². The van der Waals surface area contributed by atoms with E-state index in [9.17, 15) is 14.7 Å². The van der Waals surface area contributed by atoms with Crippen LogP contribution in [0, 0.1) is 0 Å². The molecule has 0 atom stereocenters. The molecule has 1 fully saturated rings. The van der Waals surface area contributed by atoms with Gasteiger partial charge in [0.25, 0.3) is 5.91 Å². The maximum absolute atomic E-state index is 11.8. The lowest BCUT2D eigenvalue weighted by atomic mass is 9.90. The SMILES string of the molecule is O=C(NC1(C(=O)O)CCOCC1)c1cnsn1. The normalized spacial score (nSPS) is 18.6. The first-order valence-electron chi connectivity index (χ1n) is 5.05. The fraction of sp³-hybridized carbons (Fsp3) is 0.556. The minimum absolute atomic E-state index is 0.141. The number of aliphatic carboxylic acids is 1. The second-order valence-electron chi connectivity index (χ2n) is 3.75. The van der Waals surface area contributed by atoms with E-state index < -0.39 is 17.4 Å². The summed E-state index contributed by atoms with van der Waals surface area (Å²) in [6.07, 6.45) is 1.83. The zero-order valence-corrected chi connectivity index (χ0v) is 9.70. The summed E-state index contributed by atoms with van der Waals surface area (Å²) in [4.78, 5) is 23.1. The molecule has 1 aliphatic rings. The number of rotatable bonds is 3. The predicted octanol–water partition coefficient (Wildman–Crippen LogP) is -0.0983. The molecule has 2 rings (SSSR count). The van der Waals surface area contributed by atoms with E-state index in [1.807, 2.05) is 0 Å². The van der Waals surface area contributed by atoms with Gasteiger partial charge in [-0.25, -0.2) is 4.79 Å². The van der Waals surface area contributed by atoms with Gasteiger partial charge in [-0.2, -0.15) is 8.75 Å². The van der Waals surface area contributed by atoms with Crippen molar-refractivity contribution in [1.29, 1.82) is 0 Å². The van der Waals surface area contributed by atoms with Gasteiger partial charge < -0.3 is 15.2 Å². The minimum Gasteiger partial charge on any atom is -0.480 e. The highest BCUT2D eigenvalue weighted by atomic mass is 32.1. The molecule has 1 aliphatic heterocycles. The van der Waals surface area contributed by atoms with Gasteiger partial charge in [0.1, 0.15) is 5.54 Å². The third kappa shape index (κ3) is 2.42. The van der Waals surface area contributed by atoms with Gasteiger partial charge in [0.2, 0.25) is 0 Å². The highest BCUT2D eigenvalue weighted by molar-refractivity contribution is 6.99. The van der Waals surface area contributed by atoms with E-state index in [1.165, 1.54) is 6.20 Å². The summed E-state index contributed by atoms with van der Waals surface area (Å²) < 4.78 is 12.6. The number of carboxylic acids is 1. The fourth-order valence-electron chi connectivity index (χ4n) is 1.66. The van der Waals surface area contributed by atoms with E-state index in [4.69, 9.17) is 4.74 Å². The Labute approximate surface area is 101 Å². The van der Waals surface area contributed by atoms with Gasteiger partial charge in [-0.3, -0.25) is 4.79 Å². The monoisotopic (exact) mass is 257 g/mol. The Bertz CT molecular complexity index is 414. The van der Waals surface area contributed by atoms with Crippen molar-refractivity contribution in [3.05, 3.63) is 11.9 Å². The number of hydrogen-bond acceptors (Lipinski definition) is 6. The third-order valence-electron chi connectivity index (χ3n) is 2.70. The summed E-state index contributed by atoms with van der Waals surface area (Å²) in [6, 6.07) is 0. The molecule has 1 saturated heterocycles. The van der Waals surface area contributed by atoms with Crippen LogP contribution in [0.25, 0.3) is 0 Å². The van der Waals surface area contributed by atoms with E-state index in [2.05, 4.69) is 14.1 Å². The van der Waals surface area contributed by atoms with E-state index >= 15 is 0 Å². The molecule has 0 aromatic carbocycles. The van der Waals surface area contributed by atoms with E-state index in [0.29, 0.717) is 13.2 Å². The van der Waals surface area contributed by atoms with Gasteiger partial charge in [0.05, 0.1) is 17.9 Å². The van der Waals surface area contributed by atoms with E-state index in [0.717, 1.165) is 11.7 Å². The Morgan fingerprint density at radius 1 is 1.47 bits per heavy atom. The molecule has 1 aromatic rings. The van der Waals surface area contributed by atoms with Gasteiger partial charge in [0, 0.05) is 26.1 Å². The van der Waals surface area contributed by atoms with Crippen molar-refractivity contribution < 1.29 is 19.4 Å². The lowest BCUT2D eigenvalue weighted by molar-refractivity contribution is -0.148. The number of amides is 1. The summed E-state index contributed by atoms with van der Waals surface area (Å²) >= 11 is 0.904. The van der Waals surface area contributed by atoms with E-state index in [1.54, 1.807) is 0 Å². The maximum Gasteiger partial charge on any atom is 0.329 e. The molecule has 92 valence electrons. The number of nitrogens with zero attached hydrogens (tertiary/aromatic N) is 2. The molecule has 0 bridgehead atoms. The molecule has 1 amide bonds. The molecule has 17 heavy (non-hydrogen) atoms. The number of nitrogens with one attached hydrogen (secondary N) is 1. The van der Waals surface area contributed by atoms with Crippen LogP contribution < -0.4 is 5.32 Å². The molecule has 0 aliphatic carbocycles. The van der Waals surface area contributed by atoms with Crippen molar-refractivity contribution in [1.82, 2.24) is 14.1 Å². The number of ether oxygens (including phenoxy) is 1. The molecule has 2 N–H and O–H groups in total. The van der Waals surface area contributed by atoms with Gasteiger partial charge in [-0.15, -0.1) is 0 Å². The van der Waals surface area contributed by atoms with Crippen LogP contribution in [0.4, 0.5) is 0 Å². The fourth-order valence-corrected chi connectivity index (χ4v) is 2.07. The minimum atomic E-state index is -1.25. The smallest absolute Gasteiger partial charge is 0.329 e. The van der Waals surface area contributed by atoms with Crippen LogP contribution in [0.3, 0.4) is 0 Å². The molecule has 8 heteroatoms. The van der Waals surface area contributed by atoms with Crippen LogP contribution in [-0.2, 0) is 9.53 Å². The summed E-state index contributed by atoms with van der Waals surface area (Å²) in [7, 11) is 0. The average molecular weight is 257 g/mol. The van der Waals surface area contributed by atoms with Crippen molar-refractivity contribution in [2.24, 2.45) is 0 Å². The summed E-state index contributed by atoms with van der Waals surface area (Å²) in [5, 5.41) is 11.8. The molecular formula is C9H11N3O4S. The van der Waals surface area contributed by atoms with Gasteiger partial charge in [0.15, 0.2) is 5.69 Å². The van der Waals surface area contributed by atoms with Crippen LogP contribution in [0.2, 0.25) is 0 Å². The van der Waals surface area contributed by atoms with Crippen molar-refractivity contribution in [3.8, 4) is 0 Å². The molecule has 7 nitrogen and oxygen atoms in total. The summed E-state index contributed by atoms with van der Waals surface area (Å²) in [6.45, 7) is 0.643. The number of carbonyl (C=O) groups excluding carboxylic acids is 1. The zero-order valence-electron chi connectivity index (χ0n) is 8.88. The zero-order chi connectivity index (χ0) is 12.3. The van der Waals surface area contributed by atoms with Crippen LogP contribution >= 0.6 is 11.7 Å². The Morgan fingerprint density at radius 3 is 2.71 bits per heavy atom. The molecule has 0 spiro atoms. The summed E-state index contributed by atoms with van der Waals surface area (Å²) in [5.74, 6) is -1.56. The number of hydrogen-bond donors (Lipinski definition) is 2. The average Bonchev–Trinajstić information content (AvgIpc) is 2.83. The lowest BCUT2D eigenvalue weighted by Gasteiger charge is -2.33. The highest BCUT2D eigenvalue weighted by Gasteiger charge is 2.42. The first-order valence-corrected chi connectivity index (χ1v) is 5.78. The molecule has 0 radical (unpaired) electrons. The standard InChI is InChI=1S/C9H11N3O4S/c13-7(6-5-10-17-12-6)11-9(8(14)15)1-3-16-4-2-9/h5H,1-4H2,(H,11,13)(H,14,15). The quantitative estimate of drug-likeness (QED) is 0.784. The van der Waals surface area contributed by atoms with Crippen molar-refractivity contribution in [2.75, 3.05) is 13.2 Å². The second kappa shape index (κ2) is 4.76. The largest absolute Gasteiger partial charge is 0.480 e. The maximum atomic E-state index is 11.8. The van der Waals surface area contributed by atoms with Gasteiger partial charge >= 0.3 is 5.97 Å². The number of carboxylic acid groups (broad SMARTS) is 1. The Balaban J connectivity index is 2.13. The molecular weight excluding hydrogens is 246 g/mol. The van der Waals surface area contributed by atoms with Crippen LogP contribution in [0.1, 0.15) is 23.3 Å². The van der Waals surface area contributed by atoms with Gasteiger partial charge in [-0.1, -0.05) is 0 Å². The molecule has 2 heterocycles. The first kappa shape index (κ1) is 11.9. The Morgan fingerprint density at radius 2 is 2.18 bits per heavy atom. The first-order chi connectivity index (χ1) is 8.14. The van der Waals surface area contributed by atoms with Crippen molar-refractivity contribution >= 4 is 23.6 Å². The predicted molar refractivity (Wildman–Crippen MR) is 57.8 cm³/mol. The third-order valence-corrected chi connectivity index (χ3v) is 3.18. The Hall–Kier alpha value is -1.54.